The minimum atomic E-state index is -0.369. The van der Waals surface area contributed by atoms with Crippen molar-refractivity contribution in [3.05, 3.63) is 29.3 Å². The number of aromatic amines is 1. The molecule has 0 saturated heterocycles. The topological polar surface area (TPSA) is 79.9 Å². The molecular formula is C11H14N4O2S. The van der Waals surface area contributed by atoms with E-state index < -0.39 is 0 Å². The molecule has 0 aliphatic rings. The molecule has 0 radical (unpaired) electrons. The second-order valence-electron chi connectivity index (χ2n) is 3.60. The van der Waals surface area contributed by atoms with Crippen LogP contribution in [0.1, 0.15) is 34.9 Å². The van der Waals surface area contributed by atoms with E-state index in [-0.39, 0.29) is 12.0 Å². The number of methoxy groups -OCH3 is 1. The Kier molecular flexibility index (Phi) is 3.93. The average molecular weight is 266 g/mol. The number of imidazole rings is 1. The van der Waals surface area contributed by atoms with Crippen molar-refractivity contribution >= 4 is 22.4 Å². The fourth-order valence-corrected chi connectivity index (χ4v) is 2.30. The van der Waals surface area contributed by atoms with Crippen LogP contribution in [0.2, 0.25) is 0 Å². The van der Waals surface area contributed by atoms with Gasteiger partial charge >= 0.3 is 5.97 Å². The minimum Gasteiger partial charge on any atom is -0.465 e. The molecule has 0 aliphatic carbocycles. The number of carbonyl (C=O) groups excluding carboxylic acids is 1. The molecule has 2 aromatic rings. The van der Waals surface area contributed by atoms with Gasteiger partial charge in [0.15, 0.2) is 5.13 Å². The van der Waals surface area contributed by atoms with E-state index in [4.69, 9.17) is 0 Å². The molecule has 2 rings (SSSR count). The van der Waals surface area contributed by atoms with Gasteiger partial charge in [0.1, 0.15) is 10.7 Å². The van der Waals surface area contributed by atoms with Crippen molar-refractivity contribution in [2.45, 2.75) is 19.4 Å². The molecule has 2 heterocycles. The zero-order valence-electron chi connectivity index (χ0n) is 10.1. The van der Waals surface area contributed by atoms with Crippen LogP contribution in [0.3, 0.4) is 0 Å². The van der Waals surface area contributed by atoms with Gasteiger partial charge in [-0.15, -0.1) is 0 Å². The lowest BCUT2D eigenvalue weighted by Crippen LogP contribution is -2.10. The molecule has 0 aromatic carbocycles. The van der Waals surface area contributed by atoms with Crippen molar-refractivity contribution in [1.29, 1.82) is 0 Å². The summed E-state index contributed by atoms with van der Waals surface area (Å²) in [5, 5.41) is 3.92. The van der Waals surface area contributed by atoms with Crippen molar-refractivity contribution in [1.82, 2.24) is 15.0 Å². The van der Waals surface area contributed by atoms with E-state index in [9.17, 15) is 4.79 Å². The normalized spacial score (nSPS) is 12.1. The number of aromatic nitrogens is 3. The molecule has 2 N–H and O–H groups in total. The van der Waals surface area contributed by atoms with Crippen LogP contribution in [0.5, 0.6) is 0 Å². The van der Waals surface area contributed by atoms with Crippen LogP contribution in [0.4, 0.5) is 5.13 Å². The fourth-order valence-electron chi connectivity index (χ4n) is 1.52. The van der Waals surface area contributed by atoms with Gasteiger partial charge in [0, 0.05) is 12.4 Å². The molecular weight excluding hydrogens is 252 g/mol. The Hall–Kier alpha value is -1.89. The van der Waals surface area contributed by atoms with Crippen LogP contribution in [0.25, 0.3) is 0 Å². The number of rotatable bonds is 5. The van der Waals surface area contributed by atoms with E-state index in [1.807, 2.05) is 0 Å². The van der Waals surface area contributed by atoms with Gasteiger partial charge in [-0.1, -0.05) is 18.3 Å². The Morgan fingerprint density at radius 1 is 1.61 bits per heavy atom. The second-order valence-corrected chi connectivity index (χ2v) is 4.63. The number of nitrogens with one attached hydrogen (secondary N) is 2. The van der Waals surface area contributed by atoms with Crippen molar-refractivity contribution in [2.24, 2.45) is 0 Å². The summed E-state index contributed by atoms with van der Waals surface area (Å²) in [5.74, 6) is 0.485. The summed E-state index contributed by atoms with van der Waals surface area (Å²) in [5.41, 5.74) is 0. The van der Waals surface area contributed by atoms with E-state index in [2.05, 4.69) is 31.9 Å². The number of nitrogens with zero attached hydrogens (tertiary/aromatic N) is 2. The Bertz CT molecular complexity index is 509. The summed E-state index contributed by atoms with van der Waals surface area (Å²) in [6.45, 7) is 2.05. The van der Waals surface area contributed by atoms with E-state index in [1.54, 1.807) is 12.4 Å². The summed E-state index contributed by atoms with van der Waals surface area (Å²) in [4.78, 5) is 23.2. The maximum absolute atomic E-state index is 11.3. The van der Waals surface area contributed by atoms with Gasteiger partial charge in [0.25, 0.3) is 0 Å². The number of carbonyl (C=O) groups is 1. The zero-order valence-corrected chi connectivity index (χ0v) is 11.0. The number of thiazole rings is 1. The Morgan fingerprint density at radius 2 is 2.44 bits per heavy atom. The fraction of sp³-hybridized carbons (Fsp3) is 0.364. The number of anilines is 1. The Morgan fingerprint density at radius 3 is 3.06 bits per heavy atom. The summed E-state index contributed by atoms with van der Waals surface area (Å²) < 4.78 is 4.64. The first kappa shape index (κ1) is 12.6. The number of hydrogen-bond acceptors (Lipinski definition) is 6. The molecule has 0 fully saturated rings. The van der Waals surface area contributed by atoms with E-state index in [1.165, 1.54) is 24.6 Å². The summed E-state index contributed by atoms with van der Waals surface area (Å²) in [6.07, 6.45) is 5.86. The summed E-state index contributed by atoms with van der Waals surface area (Å²) in [7, 11) is 1.35. The Labute approximate surface area is 108 Å². The predicted molar refractivity (Wildman–Crippen MR) is 68.7 cm³/mol. The standard InChI is InChI=1S/C11H14N4O2S/c1-3-7(9-12-4-5-13-9)15-11-14-6-8(18-11)10(16)17-2/h4-7H,3H2,1-2H3,(H,12,13)(H,14,15). The van der Waals surface area contributed by atoms with Gasteiger partial charge < -0.3 is 15.0 Å². The SMILES string of the molecule is CCC(Nc1ncc(C(=O)OC)s1)c1ncc[nH]1. The quantitative estimate of drug-likeness (QED) is 0.811. The molecule has 1 unspecified atom stereocenters. The van der Waals surface area contributed by atoms with Gasteiger partial charge in [-0.05, 0) is 6.42 Å². The number of H-pyrrole nitrogens is 1. The van der Waals surface area contributed by atoms with Crippen molar-refractivity contribution in [2.75, 3.05) is 12.4 Å². The highest BCUT2D eigenvalue weighted by molar-refractivity contribution is 7.17. The highest BCUT2D eigenvalue weighted by Crippen LogP contribution is 2.24. The van der Waals surface area contributed by atoms with E-state index in [0.29, 0.717) is 10.0 Å². The van der Waals surface area contributed by atoms with E-state index >= 15 is 0 Å². The van der Waals surface area contributed by atoms with Gasteiger partial charge in [-0.2, -0.15) is 0 Å². The van der Waals surface area contributed by atoms with Gasteiger partial charge in [-0.3, -0.25) is 0 Å². The smallest absolute Gasteiger partial charge is 0.349 e. The van der Waals surface area contributed by atoms with Crippen LogP contribution >= 0.6 is 11.3 Å². The number of esters is 1. The van der Waals surface area contributed by atoms with Crippen LogP contribution in [-0.4, -0.2) is 28.0 Å². The average Bonchev–Trinajstić information content (AvgIpc) is 3.05. The van der Waals surface area contributed by atoms with Crippen LogP contribution in [0, 0.1) is 0 Å². The third kappa shape index (κ3) is 2.67. The van der Waals surface area contributed by atoms with Gasteiger partial charge in [0.2, 0.25) is 0 Å². The summed E-state index contributed by atoms with van der Waals surface area (Å²) in [6, 6.07) is 0.0525. The number of hydrogen-bond donors (Lipinski definition) is 2. The molecule has 0 aliphatic heterocycles. The molecule has 1 atom stereocenters. The molecule has 96 valence electrons. The monoisotopic (exact) mass is 266 g/mol. The maximum Gasteiger partial charge on any atom is 0.349 e. The number of ether oxygens (including phenoxy) is 1. The highest BCUT2D eigenvalue weighted by Gasteiger charge is 2.15. The lowest BCUT2D eigenvalue weighted by atomic mass is 10.2. The predicted octanol–water partition coefficient (Wildman–Crippen LogP) is 2.22. The molecule has 0 spiro atoms. The molecule has 6 nitrogen and oxygen atoms in total. The lowest BCUT2D eigenvalue weighted by Gasteiger charge is -2.13. The summed E-state index contributed by atoms with van der Waals surface area (Å²) >= 11 is 1.27. The zero-order chi connectivity index (χ0) is 13.0. The van der Waals surface area contributed by atoms with Gasteiger partial charge in [0.05, 0.1) is 19.3 Å². The molecule has 0 bridgehead atoms. The van der Waals surface area contributed by atoms with Crippen molar-refractivity contribution in [3.8, 4) is 0 Å². The molecule has 7 heteroatoms. The molecule has 2 aromatic heterocycles. The van der Waals surface area contributed by atoms with Crippen molar-refractivity contribution in [3.63, 3.8) is 0 Å². The van der Waals surface area contributed by atoms with Crippen molar-refractivity contribution < 1.29 is 9.53 Å². The van der Waals surface area contributed by atoms with Crippen LogP contribution in [-0.2, 0) is 4.74 Å². The minimum absolute atomic E-state index is 0.0525. The highest BCUT2D eigenvalue weighted by atomic mass is 32.1. The van der Waals surface area contributed by atoms with E-state index in [0.717, 1.165) is 12.2 Å². The third-order valence-corrected chi connectivity index (χ3v) is 3.36. The first-order valence-corrected chi connectivity index (χ1v) is 6.36. The maximum atomic E-state index is 11.3. The molecule has 0 amide bonds. The second kappa shape index (κ2) is 5.63. The molecule has 0 saturated carbocycles. The lowest BCUT2D eigenvalue weighted by molar-refractivity contribution is 0.0606. The van der Waals surface area contributed by atoms with Crippen LogP contribution in [0.15, 0.2) is 18.6 Å². The Balaban J connectivity index is 2.08. The van der Waals surface area contributed by atoms with Gasteiger partial charge in [-0.25, -0.2) is 14.8 Å². The first-order valence-electron chi connectivity index (χ1n) is 5.54. The van der Waals surface area contributed by atoms with Crippen LogP contribution < -0.4 is 5.32 Å². The largest absolute Gasteiger partial charge is 0.465 e. The third-order valence-electron chi connectivity index (χ3n) is 2.45. The first-order chi connectivity index (χ1) is 8.74. The molecule has 18 heavy (non-hydrogen) atoms.